The van der Waals surface area contributed by atoms with E-state index >= 15 is 0 Å². The van der Waals surface area contributed by atoms with Gasteiger partial charge in [-0.15, -0.1) is 0 Å². The van der Waals surface area contributed by atoms with E-state index in [1.807, 2.05) is 60.7 Å². The van der Waals surface area contributed by atoms with E-state index < -0.39 is 0 Å². The van der Waals surface area contributed by atoms with Gasteiger partial charge in [0.15, 0.2) is 11.5 Å². The molecular formula is C33H27Br2N3O3. The summed E-state index contributed by atoms with van der Waals surface area (Å²) in [5, 5.41) is 4.17. The highest BCUT2D eigenvalue weighted by molar-refractivity contribution is 9.10. The monoisotopic (exact) mass is 671 g/mol. The second-order valence-corrected chi connectivity index (χ2v) is 11.0. The summed E-state index contributed by atoms with van der Waals surface area (Å²) in [6, 6.07) is 33.4. The van der Waals surface area contributed by atoms with Crippen LogP contribution in [0.1, 0.15) is 27.2 Å². The number of nitrogens with zero attached hydrogens (tertiary/aromatic N) is 2. The van der Waals surface area contributed by atoms with E-state index in [1.165, 1.54) is 0 Å². The number of methoxy groups -OCH3 is 1. The van der Waals surface area contributed by atoms with Crippen molar-refractivity contribution in [3.8, 4) is 28.4 Å². The van der Waals surface area contributed by atoms with Crippen molar-refractivity contribution in [1.82, 2.24) is 9.99 Å². The summed E-state index contributed by atoms with van der Waals surface area (Å²) < 4.78 is 15.4. The normalized spacial score (nSPS) is 11.0. The highest BCUT2D eigenvalue weighted by Crippen LogP contribution is 2.33. The summed E-state index contributed by atoms with van der Waals surface area (Å²) in [6.07, 6.45) is 1.56. The molecule has 0 spiro atoms. The van der Waals surface area contributed by atoms with E-state index in [-0.39, 0.29) is 5.91 Å². The molecular weight excluding hydrogens is 646 g/mol. The molecule has 0 aliphatic heterocycles. The predicted molar refractivity (Wildman–Crippen MR) is 170 cm³/mol. The lowest BCUT2D eigenvalue weighted by Crippen LogP contribution is -2.17. The summed E-state index contributed by atoms with van der Waals surface area (Å²) in [5.41, 5.74) is 9.18. The van der Waals surface area contributed by atoms with Crippen LogP contribution >= 0.6 is 31.9 Å². The molecule has 1 amide bonds. The molecule has 0 bridgehead atoms. The lowest BCUT2D eigenvalue weighted by molar-refractivity contribution is 0.0955. The van der Waals surface area contributed by atoms with Gasteiger partial charge in [-0.05, 0) is 94.6 Å². The molecule has 0 fully saturated rings. The summed E-state index contributed by atoms with van der Waals surface area (Å²) in [7, 11) is 1.58. The summed E-state index contributed by atoms with van der Waals surface area (Å²) in [6.45, 7) is 2.46. The molecule has 1 aromatic heterocycles. The van der Waals surface area contributed by atoms with Crippen molar-refractivity contribution in [3.63, 3.8) is 0 Å². The second kappa shape index (κ2) is 13.0. The Morgan fingerprint density at radius 1 is 0.902 bits per heavy atom. The van der Waals surface area contributed by atoms with Crippen LogP contribution in [-0.2, 0) is 6.61 Å². The molecule has 0 atom stereocenters. The largest absolute Gasteiger partial charge is 0.493 e. The predicted octanol–water partition coefficient (Wildman–Crippen LogP) is 8.33. The maximum absolute atomic E-state index is 12.8. The minimum absolute atomic E-state index is 0.308. The van der Waals surface area contributed by atoms with Gasteiger partial charge in [0.05, 0.1) is 19.0 Å². The summed E-state index contributed by atoms with van der Waals surface area (Å²) in [4.78, 5) is 12.8. The Labute approximate surface area is 255 Å². The number of hydrogen-bond donors (Lipinski definition) is 1. The average Bonchev–Trinajstić information content (AvgIpc) is 3.39. The molecule has 8 heteroatoms. The quantitative estimate of drug-likeness (QED) is 0.127. The van der Waals surface area contributed by atoms with Gasteiger partial charge in [-0.1, -0.05) is 58.4 Å². The summed E-state index contributed by atoms with van der Waals surface area (Å²) >= 11 is 7.01. The first-order chi connectivity index (χ1) is 19.9. The third-order valence-corrected chi connectivity index (χ3v) is 7.71. The smallest absolute Gasteiger partial charge is 0.271 e. The van der Waals surface area contributed by atoms with Gasteiger partial charge in [-0.3, -0.25) is 4.79 Å². The second-order valence-electron chi connectivity index (χ2n) is 9.25. The van der Waals surface area contributed by atoms with Gasteiger partial charge in [-0.25, -0.2) is 5.43 Å². The van der Waals surface area contributed by atoms with E-state index in [4.69, 9.17) is 9.47 Å². The van der Waals surface area contributed by atoms with Gasteiger partial charge in [0.2, 0.25) is 0 Å². The van der Waals surface area contributed by atoms with Crippen molar-refractivity contribution in [1.29, 1.82) is 0 Å². The first kappa shape index (κ1) is 28.4. The van der Waals surface area contributed by atoms with Crippen molar-refractivity contribution in [2.45, 2.75) is 13.5 Å². The van der Waals surface area contributed by atoms with E-state index in [1.54, 1.807) is 31.5 Å². The minimum atomic E-state index is -0.308. The van der Waals surface area contributed by atoms with Crippen LogP contribution in [0.2, 0.25) is 0 Å². The molecule has 41 heavy (non-hydrogen) atoms. The molecule has 0 radical (unpaired) electrons. The maximum Gasteiger partial charge on any atom is 0.271 e. The van der Waals surface area contributed by atoms with Crippen molar-refractivity contribution in [2.75, 3.05) is 7.11 Å². The van der Waals surface area contributed by atoms with E-state index in [0.717, 1.165) is 42.7 Å². The molecule has 5 aromatic rings. The lowest BCUT2D eigenvalue weighted by Gasteiger charge is -2.13. The fraction of sp³-hybridized carbons (Fsp3) is 0.0909. The SMILES string of the molecule is COc1cc(/C=N/NC(=O)c2ccc(-n3c(C)ccc3-c3ccccc3)cc2)c(Br)cc1OCc1ccc(Br)cc1. The number of carbonyl (C=O) groups is 1. The number of rotatable bonds is 9. The lowest BCUT2D eigenvalue weighted by atomic mass is 10.1. The van der Waals surface area contributed by atoms with Gasteiger partial charge >= 0.3 is 0 Å². The van der Waals surface area contributed by atoms with Gasteiger partial charge in [-0.2, -0.15) is 5.10 Å². The molecule has 206 valence electrons. The highest BCUT2D eigenvalue weighted by atomic mass is 79.9. The van der Waals surface area contributed by atoms with Crippen LogP contribution < -0.4 is 14.9 Å². The molecule has 0 saturated carbocycles. The van der Waals surface area contributed by atoms with Gasteiger partial charge < -0.3 is 14.0 Å². The van der Waals surface area contributed by atoms with Crippen LogP contribution in [0.5, 0.6) is 11.5 Å². The number of hydrazone groups is 1. The Bertz CT molecular complexity index is 1680. The van der Waals surface area contributed by atoms with E-state index in [2.05, 4.69) is 78.1 Å². The van der Waals surface area contributed by atoms with Crippen molar-refractivity contribution >= 4 is 44.0 Å². The number of carbonyl (C=O) groups excluding carboxylic acids is 1. The van der Waals surface area contributed by atoms with Crippen molar-refractivity contribution in [2.24, 2.45) is 5.10 Å². The number of halogens is 2. The Morgan fingerprint density at radius 2 is 1.63 bits per heavy atom. The Hall–Kier alpha value is -4.14. The first-order valence-electron chi connectivity index (χ1n) is 12.9. The van der Waals surface area contributed by atoms with Gasteiger partial charge in [0, 0.05) is 31.5 Å². The number of benzene rings is 4. The molecule has 5 rings (SSSR count). The zero-order valence-corrected chi connectivity index (χ0v) is 25.6. The third kappa shape index (κ3) is 6.78. The Balaban J connectivity index is 1.25. The molecule has 0 aliphatic rings. The Morgan fingerprint density at radius 3 is 2.34 bits per heavy atom. The summed E-state index contributed by atoms with van der Waals surface area (Å²) in [5.74, 6) is 0.846. The first-order valence-corrected chi connectivity index (χ1v) is 14.4. The molecule has 4 aromatic carbocycles. The van der Waals surface area contributed by atoms with Crippen molar-refractivity contribution < 1.29 is 14.3 Å². The van der Waals surface area contributed by atoms with Crippen LogP contribution in [0, 0.1) is 6.92 Å². The standard InChI is InChI=1S/C33H27Br2N3O3/c1-22-8-17-30(24-6-4-3-5-7-24)38(22)28-15-11-25(12-16-28)33(39)37-36-20-26-18-31(40-2)32(19-29(26)35)41-21-23-9-13-27(34)14-10-23/h3-20H,21H2,1-2H3,(H,37,39)/b36-20+. The van der Waals surface area contributed by atoms with Gasteiger partial charge in [0.25, 0.3) is 5.91 Å². The van der Waals surface area contributed by atoms with Crippen LogP contribution in [0.4, 0.5) is 0 Å². The number of amides is 1. The van der Waals surface area contributed by atoms with Crippen LogP contribution in [0.15, 0.2) is 117 Å². The zero-order valence-electron chi connectivity index (χ0n) is 22.5. The number of nitrogens with one attached hydrogen (secondary N) is 1. The third-order valence-electron chi connectivity index (χ3n) is 6.49. The maximum atomic E-state index is 12.8. The molecule has 6 nitrogen and oxygen atoms in total. The topological polar surface area (TPSA) is 64.8 Å². The number of hydrogen-bond acceptors (Lipinski definition) is 4. The molecule has 0 saturated heterocycles. The highest BCUT2D eigenvalue weighted by Gasteiger charge is 2.12. The van der Waals surface area contributed by atoms with Crippen LogP contribution in [-0.4, -0.2) is 23.8 Å². The van der Waals surface area contributed by atoms with Gasteiger partial charge in [0.1, 0.15) is 6.61 Å². The number of ether oxygens (including phenoxy) is 2. The number of aromatic nitrogens is 1. The number of aryl methyl sites for hydroxylation is 1. The fourth-order valence-corrected chi connectivity index (χ4v) is 5.06. The van der Waals surface area contributed by atoms with Crippen LogP contribution in [0.25, 0.3) is 16.9 Å². The molecule has 1 N–H and O–H groups in total. The Kier molecular flexibility index (Phi) is 9.01. The minimum Gasteiger partial charge on any atom is -0.493 e. The average molecular weight is 673 g/mol. The van der Waals surface area contributed by atoms with E-state index in [0.29, 0.717) is 23.7 Å². The fourth-order valence-electron chi connectivity index (χ4n) is 4.37. The molecule has 0 unspecified atom stereocenters. The zero-order chi connectivity index (χ0) is 28.8. The van der Waals surface area contributed by atoms with Crippen LogP contribution in [0.3, 0.4) is 0 Å². The molecule has 1 heterocycles. The van der Waals surface area contributed by atoms with E-state index in [9.17, 15) is 4.79 Å². The molecule has 0 aliphatic carbocycles. The van der Waals surface area contributed by atoms with Crippen molar-refractivity contribution in [3.05, 3.63) is 134 Å².